The van der Waals surface area contributed by atoms with Crippen molar-refractivity contribution in [2.45, 2.75) is 18.4 Å². The second-order valence-electron chi connectivity index (χ2n) is 6.54. The van der Waals surface area contributed by atoms with Crippen LogP contribution in [0, 0.1) is 17.0 Å². The average molecular weight is 410 g/mol. The van der Waals surface area contributed by atoms with Crippen LogP contribution in [-0.2, 0) is 16.6 Å². The molecule has 144 valence electrons. The van der Waals surface area contributed by atoms with Crippen LogP contribution in [0.1, 0.15) is 11.1 Å². The van der Waals surface area contributed by atoms with E-state index in [1.54, 1.807) is 0 Å². The van der Waals surface area contributed by atoms with Crippen molar-refractivity contribution in [3.05, 3.63) is 68.7 Å². The van der Waals surface area contributed by atoms with Crippen LogP contribution in [0.3, 0.4) is 0 Å². The summed E-state index contributed by atoms with van der Waals surface area (Å²) in [7, 11) is -3.79. The van der Waals surface area contributed by atoms with Crippen LogP contribution in [0.4, 0.5) is 5.69 Å². The molecule has 0 aromatic heterocycles. The van der Waals surface area contributed by atoms with E-state index in [1.807, 2.05) is 19.1 Å². The molecule has 1 aliphatic heterocycles. The van der Waals surface area contributed by atoms with E-state index in [4.69, 9.17) is 11.6 Å². The maximum absolute atomic E-state index is 12.8. The standard InChI is InChI=1S/C18H20ClN3O4S/c1-14-3-2-4-15(11-14)13-20-7-9-21(10-8-20)27(25,26)16-5-6-17(19)18(12-16)22(23)24/h2-6,11-12H,7-10,13H2,1H3. The molecule has 0 N–H and O–H groups in total. The molecule has 0 spiro atoms. The minimum Gasteiger partial charge on any atom is -0.296 e. The van der Waals surface area contributed by atoms with Gasteiger partial charge in [-0.15, -0.1) is 0 Å². The first-order chi connectivity index (χ1) is 12.8. The third-order valence-corrected chi connectivity index (χ3v) is 6.79. The predicted molar refractivity (Wildman–Crippen MR) is 103 cm³/mol. The molecule has 3 rings (SSSR count). The number of sulfonamides is 1. The Morgan fingerprint density at radius 2 is 1.81 bits per heavy atom. The van der Waals surface area contributed by atoms with E-state index in [-0.39, 0.29) is 9.92 Å². The lowest BCUT2D eigenvalue weighted by Crippen LogP contribution is -2.48. The first-order valence-electron chi connectivity index (χ1n) is 8.49. The molecule has 0 saturated carbocycles. The number of piperazine rings is 1. The summed E-state index contributed by atoms with van der Waals surface area (Å²) in [6.07, 6.45) is 0. The number of nitrogens with zero attached hydrogens (tertiary/aromatic N) is 3. The summed E-state index contributed by atoms with van der Waals surface area (Å²) in [5.41, 5.74) is 1.98. The molecular weight excluding hydrogens is 390 g/mol. The molecule has 2 aromatic carbocycles. The quantitative estimate of drug-likeness (QED) is 0.559. The Morgan fingerprint density at radius 3 is 2.44 bits per heavy atom. The summed E-state index contributed by atoms with van der Waals surface area (Å²) >= 11 is 5.78. The molecule has 27 heavy (non-hydrogen) atoms. The molecular formula is C18H20ClN3O4S. The number of rotatable bonds is 5. The fraction of sp³-hybridized carbons (Fsp3) is 0.333. The summed E-state index contributed by atoms with van der Waals surface area (Å²) < 4.78 is 27.0. The van der Waals surface area contributed by atoms with Crippen LogP contribution >= 0.6 is 11.6 Å². The normalized spacial score (nSPS) is 16.4. The van der Waals surface area contributed by atoms with Gasteiger partial charge in [0.15, 0.2) is 0 Å². The minimum atomic E-state index is -3.79. The summed E-state index contributed by atoms with van der Waals surface area (Å²) in [5.74, 6) is 0. The van der Waals surface area contributed by atoms with Gasteiger partial charge < -0.3 is 0 Å². The summed E-state index contributed by atoms with van der Waals surface area (Å²) in [4.78, 5) is 12.4. The zero-order chi connectivity index (χ0) is 19.6. The molecule has 2 aromatic rings. The van der Waals surface area contributed by atoms with E-state index in [9.17, 15) is 18.5 Å². The molecule has 0 aliphatic carbocycles. The van der Waals surface area contributed by atoms with E-state index in [0.717, 1.165) is 12.6 Å². The number of halogens is 1. The molecule has 7 nitrogen and oxygen atoms in total. The second-order valence-corrected chi connectivity index (χ2v) is 8.88. The van der Waals surface area contributed by atoms with E-state index >= 15 is 0 Å². The van der Waals surface area contributed by atoms with Crippen molar-refractivity contribution >= 4 is 27.3 Å². The molecule has 0 amide bonds. The smallest absolute Gasteiger partial charge is 0.289 e. The van der Waals surface area contributed by atoms with Gasteiger partial charge in [-0.1, -0.05) is 41.4 Å². The molecule has 0 bridgehead atoms. The Morgan fingerprint density at radius 1 is 1.11 bits per heavy atom. The van der Waals surface area contributed by atoms with Gasteiger partial charge in [0, 0.05) is 38.8 Å². The van der Waals surface area contributed by atoms with Crippen LogP contribution in [0.15, 0.2) is 47.4 Å². The average Bonchev–Trinajstić information content (AvgIpc) is 2.62. The van der Waals surface area contributed by atoms with Crippen LogP contribution in [0.2, 0.25) is 5.02 Å². The van der Waals surface area contributed by atoms with Crippen molar-refractivity contribution < 1.29 is 13.3 Å². The Labute approximate surface area is 163 Å². The van der Waals surface area contributed by atoms with Crippen LogP contribution in [0.25, 0.3) is 0 Å². The minimum absolute atomic E-state index is 0.0816. The summed E-state index contributed by atoms with van der Waals surface area (Å²) in [6.45, 7) is 4.68. The van der Waals surface area contributed by atoms with Gasteiger partial charge in [-0.2, -0.15) is 4.31 Å². The first kappa shape index (κ1) is 19.8. The predicted octanol–water partition coefficient (Wildman–Crippen LogP) is 3.06. The van der Waals surface area contributed by atoms with Crippen LogP contribution in [-0.4, -0.2) is 48.7 Å². The largest absolute Gasteiger partial charge is 0.296 e. The molecule has 1 saturated heterocycles. The highest BCUT2D eigenvalue weighted by atomic mass is 35.5. The number of hydrogen-bond acceptors (Lipinski definition) is 5. The van der Waals surface area contributed by atoms with E-state index in [1.165, 1.54) is 27.6 Å². The third kappa shape index (κ3) is 4.47. The number of nitro groups is 1. The van der Waals surface area contributed by atoms with Crippen LogP contribution < -0.4 is 0 Å². The number of hydrogen-bond donors (Lipinski definition) is 0. The van der Waals surface area contributed by atoms with Gasteiger partial charge in [-0.05, 0) is 24.6 Å². The van der Waals surface area contributed by atoms with Crippen molar-refractivity contribution in [2.24, 2.45) is 0 Å². The highest BCUT2D eigenvalue weighted by Gasteiger charge is 2.30. The monoisotopic (exact) mass is 409 g/mol. The summed E-state index contributed by atoms with van der Waals surface area (Å²) in [5, 5.41) is 10.9. The second kappa shape index (κ2) is 7.93. The summed E-state index contributed by atoms with van der Waals surface area (Å²) in [6, 6.07) is 11.8. The fourth-order valence-corrected chi connectivity index (χ4v) is 4.77. The van der Waals surface area contributed by atoms with Crippen molar-refractivity contribution in [1.82, 2.24) is 9.21 Å². The lowest BCUT2D eigenvalue weighted by atomic mass is 10.1. The number of nitro benzene ring substituents is 1. The van der Waals surface area contributed by atoms with Gasteiger partial charge in [-0.3, -0.25) is 15.0 Å². The van der Waals surface area contributed by atoms with E-state index < -0.39 is 20.6 Å². The number of aryl methyl sites for hydroxylation is 1. The highest BCUT2D eigenvalue weighted by Crippen LogP contribution is 2.29. The van der Waals surface area contributed by atoms with Gasteiger partial charge in [-0.25, -0.2) is 8.42 Å². The Kier molecular flexibility index (Phi) is 5.81. The van der Waals surface area contributed by atoms with Gasteiger partial charge in [0.2, 0.25) is 10.0 Å². The SMILES string of the molecule is Cc1cccc(CN2CCN(S(=O)(=O)c3ccc(Cl)c([N+](=O)[O-])c3)CC2)c1. The molecule has 0 atom stereocenters. The Balaban J connectivity index is 1.69. The van der Waals surface area contributed by atoms with Crippen molar-refractivity contribution in [3.8, 4) is 0 Å². The maximum Gasteiger partial charge on any atom is 0.289 e. The fourth-order valence-electron chi connectivity index (χ4n) is 3.14. The van der Waals surface area contributed by atoms with Crippen LogP contribution in [0.5, 0.6) is 0 Å². The highest BCUT2D eigenvalue weighted by molar-refractivity contribution is 7.89. The van der Waals surface area contributed by atoms with E-state index in [0.29, 0.717) is 26.2 Å². The molecule has 1 fully saturated rings. The van der Waals surface area contributed by atoms with Crippen molar-refractivity contribution in [2.75, 3.05) is 26.2 Å². The molecule has 1 aliphatic rings. The first-order valence-corrected chi connectivity index (χ1v) is 10.3. The van der Waals surface area contributed by atoms with Crippen molar-refractivity contribution in [3.63, 3.8) is 0 Å². The number of benzene rings is 2. The van der Waals surface area contributed by atoms with E-state index in [2.05, 4.69) is 17.0 Å². The lowest BCUT2D eigenvalue weighted by Gasteiger charge is -2.34. The van der Waals surface area contributed by atoms with Crippen molar-refractivity contribution in [1.29, 1.82) is 0 Å². The molecule has 0 unspecified atom stereocenters. The third-order valence-electron chi connectivity index (χ3n) is 4.57. The van der Waals surface area contributed by atoms with Gasteiger partial charge in [0.05, 0.1) is 9.82 Å². The molecule has 9 heteroatoms. The Hall–Kier alpha value is -2.00. The topological polar surface area (TPSA) is 83.8 Å². The maximum atomic E-state index is 12.8. The molecule has 1 heterocycles. The zero-order valence-electron chi connectivity index (χ0n) is 14.8. The van der Waals surface area contributed by atoms with Gasteiger partial charge in [0.25, 0.3) is 5.69 Å². The van der Waals surface area contributed by atoms with Gasteiger partial charge >= 0.3 is 0 Å². The Bertz CT molecular complexity index is 957. The zero-order valence-corrected chi connectivity index (χ0v) is 16.4. The van der Waals surface area contributed by atoms with Gasteiger partial charge in [0.1, 0.15) is 5.02 Å². The lowest BCUT2D eigenvalue weighted by molar-refractivity contribution is -0.384. The molecule has 0 radical (unpaired) electrons.